The number of rotatable bonds is 5. The topological polar surface area (TPSA) is 67.8 Å². The van der Waals surface area contributed by atoms with Gasteiger partial charge in [0.15, 0.2) is 0 Å². The second kappa shape index (κ2) is 7.11. The van der Waals surface area contributed by atoms with Gasteiger partial charge in [0.2, 0.25) is 5.91 Å². The highest BCUT2D eigenvalue weighted by atomic mass is 16.5. The summed E-state index contributed by atoms with van der Waals surface area (Å²) in [4.78, 5) is 11.8. The van der Waals surface area contributed by atoms with E-state index in [-0.39, 0.29) is 18.6 Å². The van der Waals surface area contributed by atoms with Gasteiger partial charge < -0.3 is 19.9 Å². The lowest BCUT2D eigenvalue weighted by molar-refractivity contribution is -0.125. The minimum atomic E-state index is -0.610. The molecular formula is C17H25NO4. The molecule has 0 saturated carbocycles. The molecule has 0 saturated heterocycles. The van der Waals surface area contributed by atoms with Gasteiger partial charge >= 0.3 is 0 Å². The van der Waals surface area contributed by atoms with E-state index in [2.05, 4.69) is 25.2 Å². The molecule has 1 aliphatic heterocycles. The number of carbonyl (C=O) groups is 1. The maximum Gasteiger partial charge on any atom is 0.246 e. The highest BCUT2D eigenvalue weighted by molar-refractivity contribution is 5.78. The molecule has 1 amide bonds. The van der Waals surface area contributed by atoms with Gasteiger partial charge in [0.1, 0.15) is 12.4 Å². The predicted molar refractivity (Wildman–Crippen MR) is 84.0 cm³/mol. The number of benzene rings is 1. The number of methoxy groups -OCH3 is 1. The van der Waals surface area contributed by atoms with E-state index in [0.29, 0.717) is 24.7 Å². The van der Waals surface area contributed by atoms with Gasteiger partial charge in [-0.05, 0) is 30.5 Å². The van der Waals surface area contributed by atoms with E-state index in [1.807, 2.05) is 6.07 Å². The van der Waals surface area contributed by atoms with Crippen LogP contribution in [-0.2, 0) is 9.53 Å². The molecule has 0 aliphatic carbocycles. The normalized spacial score (nSPS) is 18.5. The van der Waals surface area contributed by atoms with Crippen molar-refractivity contribution in [2.45, 2.75) is 45.3 Å². The monoisotopic (exact) mass is 307 g/mol. The van der Waals surface area contributed by atoms with Gasteiger partial charge in [-0.15, -0.1) is 0 Å². The second-order valence-electron chi connectivity index (χ2n) is 6.05. The van der Waals surface area contributed by atoms with E-state index in [9.17, 15) is 9.90 Å². The molecule has 0 spiro atoms. The van der Waals surface area contributed by atoms with Gasteiger partial charge in [0.25, 0.3) is 0 Å². The molecule has 2 rings (SSSR count). The average Bonchev–Trinajstić information content (AvgIpc) is 2.46. The summed E-state index contributed by atoms with van der Waals surface area (Å²) in [7, 11) is 1.50. The summed E-state index contributed by atoms with van der Waals surface area (Å²) in [6.07, 6.45) is 0.101. The molecule has 2 atom stereocenters. The molecule has 0 fully saturated rings. The molecule has 1 heterocycles. The van der Waals surface area contributed by atoms with Crippen LogP contribution < -0.4 is 10.1 Å². The molecule has 2 unspecified atom stereocenters. The number of ether oxygens (including phenoxy) is 2. The van der Waals surface area contributed by atoms with Crippen LogP contribution in [0.15, 0.2) is 12.1 Å². The Balaban J connectivity index is 2.41. The molecule has 0 aromatic heterocycles. The van der Waals surface area contributed by atoms with E-state index in [1.54, 1.807) is 6.92 Å². The standard InChI is InChI=1S/C17H25NO4/c1-10(2)12-7-13(11(3)19)17-14(8-12)15(5-6-22-17)18-16(20)9-21-4/h7-8,10-11,15,19H,5-6,9H2,1-4H3,(H,18,20). The third kappa shape index (κ3) is 3.59. The van der Waals surface area contributed by atoms with Crippen LogP contribution in [-0.4, -0.2) is 31.3 Å². The molecule has 5 nitrogen and oxygen atoms in total. The summed E-state index contributed by atoms with van der Waals surface area (Å²) < 4.78 is 10.7. The summed E-state index contributed by atoms with van der Waals surface area (Å²) in [6.45, 7) is 6.51. The molecule has 0 radical (unpaired) electrons. The van der Waals surface area contributed by atoms with Gasteiger partial charge in [-0.3, -0.25) is 4.79 Å². The molecular weight excluding hydrogens is 282 g/mol. The minimum absolute atomic E-state index is 0.0415. The number of hydrogen-bond donors (Lipinski definition) is 2. The van der Waals surface area contributed by atoms with Gasteiger partial charge in [-0.25, -0.2) is 0 Å². The largest absolute Gasteiger partial charge is 0.493 e. The maximum absolute atomic E-state index is 11.8. The number of fused-ring (bicyclic) bond motifs is 1. The highest BCUT2D eigenvalue weighted by Gasteiger charge is 2.27. The lowest BCUT2D eigenvalue weighted by Crippen LogP contribution is -2.34. The molecule has 1 aliphatic rings. The summed E-state index contributed by atoms with van der Waals surface area (Å²) in [5, 5.41) is 13.0. The highest BCUT2D eigenvalue weighted by Crippen LogP contribution is 2.40. The van der Waals surface area contributed by atoms with Gasteiger partial charge in [0, 0.05) is 24.7 Å². The van der Waals surface area contributed by atoms with Crippen molar-refractivity contribution in [3.8, 4) is 5.75 Å². The SMILES string of the molecule is COCC(=O)NC1CCOc2c(C(C)O)cc(C(C)C)cc21. The van der Waals surface area contributed by atoms with Crippen LogP contribution in [0, 0.1) is 0 Å². The predicted octanol–water partition coefficient (Wildman–Crippen LogP) is 2.45. The Bertz CT molecular complexity index is 540. The van der Waals surface area contributed by atoms with Crippen molar-refractivity contribution in [1.82, 2.24) is 5.32 Å². The van der Waals surface area contributed by atoms with Gasteiger partial charge in [0.05, 0.1) is 18.8 Å². The Morgan fingerprint density at radius 1 is 1.45 bits per heavy atom. The van der Waals surface area contributed by atoms with Crippen LogP contribution in [0.3, 0.4) is 0 Å². The van der Waals surface area contributed by atoms with Crippen LogP contribution in [0.5, 0.6) is 5.75 Å². The van der Waals surface area contributed by atoms with Crippen LogP contribution in [0.2, 0.25) is 0 Å². The van der Waals surface area contributed by atoms with Gasteiger partial charge in [-0.2, -0.15) is 0 Å². The van der Waals surface area contributed by atoms with Crippen molar-refractivity contribution < 1.29 is 19.4 Å². The van der Waals surface area contributed by atoms with E-state index in [1.165, 1.54) is 7.11 Å². The Morgan fingerprint density at radius 2 is 2.18 bits per heavy atom. The van der Waals surface area contributed by atoms with Gasteiger partial charge in [-0.1, -0.05) is 13.8 Å². The average molecular weight is 307 g/mol. The fraction of sp³-hybridized carbons (Fsp3) is 0.588. The molecule has 2 N–H and O–H groups in total. The van der Waals surface area contributed by atoms with Crippen LogP contribution in [0.1, 0.15) is 61.9 Å². The zero-order chi connectivity index (χ0) is 16.3. The molecule has 1 aromatic rings. The Morgan fingerprint density at radius 3 is 2.77 bits per heavy atom. The van der Waals surface area contributed by atoms with E-state index >= 15 is 0 Å². The first-order chi connectivity index (χ1) is 10.4. The van der Waals surface area contributed by atoms with Crippen molar-refractivity contribution >= 4 is 5.91 Å². The fourth-order valence-electron chi connectivity index (χ4n) is 2.72. The number of aliphatic hydroxyl groups is 1. The minimum Gasteiger partial charge on any atom is -0.493 e. The third-order valence-corrected chi connectivity index (χ3v) is 3.92. The number of amides is 1. The molecule has 122 valence electrons. The number of carbonyl (C=O) groups excluding carboxylic acids is 1. The van der Waals surface area contributed by atoms with Crippen molar-refractivity contribution in [3.05, 3.63) is 28.8 Å². The zero-order valence-corrected chi connectivity index (χ0v) is 13.7. The number of aliphatic hydroxyl groups excluding tert-OH is 1. The summed E-state index contributed by atoms with van der Waals surface area (Å²) in [6, 6.07) is 3.96. The lowest BCUT2D eigenvalue weighted by atomic mass is 9.90. The summed E-state index contributed by atoms with van der Waals surface area (Å²) >= 11 is 0. The van der Waals surface area contributed by atoms with Crippen LogP contribution in [0.4, 0.5) is 0 Å². The van der Waals surface area contributed by atoms with E-state index in [4.69, 9.17) is 9.47 Å². The second-order valence-corrected chi connectivity index (χ2v) is 6.05. The van der Waals surface area contributed by atoms with E-state index in [0.717, 1.165) is 16.7 Å². The van der Waals surface area contributed by atoms with Crippen molar-refractivity contribution in [2.24, 2.45) is 0 Å². The van der Waals surface area contributed by atoms with Crippen molar-refractivity contribution in [3.63, 3.8) is 0 Å². The van der Waals surface area contributed by atoms with Crippen LogP contribution >= 0.6 is 0 Å². The zero-order valence-electron chi connectivity index (χ0n) is 13.7. The molecule has 1 aromatic carbocycles. The quantitative estimate of drug-likeness (QED) is 0.877. The number of hydrogen-bond acceptors (Lipinski definition) is 4. The summed E-state index contributed by atoms with van der Waals surface area (Å²) in [5.74, 6) is 0.891. The fourth-order valence-corrected chi connectivity index (χ4v) is 2.72. The maximum atomic E-state index is 11.8. The van der Waals surface area contributed by atoms with Crippen LogP contribution in [0.25, 0.3) is 0 Å². The molecule has 5 heteroatoms. The summed E-state index contributed by atoms with van der Waals surface area (Å²) in [5.41, 5.74) is 2.86. The lowest BCUT2D eigenvalue weighted by Gasteiger charge is -2.30. The Labute approximate surface area is 131 Å². The van der Waals surface area contributed by atoms with Crippen molar-refractivity contribution in [1.29, 1.82) is 0 Å². The first-order valence-electron chi connectivity index (χ1n) is 7.71. The number of nitrogens with one attached hydrogen (secondary N) is 1. The third-order valence-electron chi connectivity index (χ3n) is 3.92. The molecule has 22 heavy (non-hydrogen) atoms. The van der Waals surface area contributed by atoms with E-state index < -0.39 is 6.10 Å². The molecule has 0 bridgehead atoms. The smallest absolute Gasteiger partial charge is 0.246 e. The first kappa shape index (κ1) is 16.8. The first-order valence-corrected chi connectivity index (χ1v) is 7.71. The Hall–Kier alpha value is -1.59. The Kier molecular flexibility index (Phi) is 5.42. The van der Waals surface area contributed by atoms with Crippen molar-refractivity contribution in [2.75, 3.05) is 20.3 Å².